The number of carbonyl (C=O) groups is 2. The van der Waals surface area contributed by atoms with Crippen LogP contribution in [0.1, 0.15) is 13.8 Å². The second-order valence-electron chi connectivity index (χ2n) is 2.79. The molecule has 2 unspecified atom stereocenters. The number of carbonyl (C=O) groups excluding carboxylic acids is 2. The van der Waals surface area contributed by atoms with Gasteiger partial charge in [0, 0.05) is 12.2 Å². The highest BCUT2D eigenvalue weighted by molar-refractivity contribution is 6.18. The Balaban J connectivity index is 3.68. The molecule has 0 bridgehead atoms. The molecule has 0 fully saturated rings. The van der Waals surface area contributed by atoms with E-state index in [2.05, 4.69) is 22.6 Å². The van der Waals surface area contributed by atoms with Gasteiger partial charge in [-0.05, 0) is 13.8 Å². The molecule has 6 nitrogen and oxygen atoms in total. The van der Waals surface area contributed by atoms with Crippen molar-refractivity contribution < 1.29 is 28.4 Å². The first-order valence-electron chi connectivity index (χ1n) is 4.78. The van der Waals surface area contributed by atoms with Gasteiger partial charge >= 0.3 is 19.6 Å². The second kappa shape index (κ2) is 8.54. The van der Waals surface area contributed by atoms with Gasteiger partial charge in [-0.15, -0.1) is 0 Å². The van der Waals surface area contributed by atoms with Crippen LogP contribution in [0.15, 0.2) is 25.3 Å². The summed E-state index contributed by atoms with van der Waals surface area (Å²) in [6.07, 6.45) is 0.357. The Kier molecular flexibility index (Phi) is 7.74. The van der Waals surface area contributed by atoms with Crippen LogP contribution in [-0.2, 0) is 28.4 Å². The van der Waals surface area contributed by atoms with Crippen molar-refractivity contribution >= 4 is 19.6 Å². The molecule has 0 saturated carbocycles. The minimum absolute atomic E-state index is 0.614. The maximum atomic E-state index is 10.7. The zero-order chi connectivity index (χ0) is 13.3. The Hall–Kier alpha value is -1.60. The van der Waals surface area contributed by atoms with Gasteiger partial charge in [0.25, 0.3) is 0 Å². The lowest BCUT2D eigenvalue weighted by Gasteiger charge is -2.15. The molecule has 0 aliphatic rings. The summed E-state index contributed by atoms with van der Waals surface area (Å²) in [5.41, 5.74) is 0. The molecule has 17 heavy (non-hydrogen) atoms. The van der Waals surface area contributed by atoms with Crippen molar-refractivity contribution in [3.8, 4) is 0 Å². The third-order valence-corrected chi connectivity index (χ3v) is 1.39. The van der Waals surface area contributed by atoms with Gasteiger partial charge in [-0.1, -0.05) is 13.2 Å². The summed E-state index contributed by atoms with van der Waals surface area (Å²) in [5, 5.41) is 0. The highest BCUT2D eigenvalue weighted by Gasteiger charge is 2.12. The lowest BCUT2D eigenvalue weighted by atomic mass is 10.4. The lowest BCUT2D eigenvalue weighted by molar-refractivity contribution is -0.161. The average Bonchev–Trinajstić information content (AvgIpc) is 2.28. The predicted molar refractivity (Wildman–Crippen MR) is 59.4 cm³/mol. The second-order valence-corrected chi connectivity index (χ2v) is 2.79. The van der Waals surface area contributed by atoms with Gasteiger partial charge in [0.2, 0.25) is 0 Å². The fraction of sp³-hybridized carbons (Fsp3) is 0.400. The van der Waals surface area contributed by atoms with Crippen molar-refractivity contribution in [3.63, 3.8) is 0 Å². The van der Waals surface area contributed by atoms with Gasteiger partial charge in [0.1, 0.15) is 0 Å². The number of ether oxygens (including phenoxy) is 2. The Morgan fingerprint density at radius 3 is 1.65 bits per heavy atom. The Labute approximate surface area is 100 Å². The first kappa shape index (κ1) is 15.4. The van der Waals surface area contributed by atoms with Gasteiger partial charge in [0.05, 0.1) is 0 Å². The van der Waals surface area contributed by atoms with E-state index >= 15 is 0 Å². The van der Waals surface area contributed by atoms with Gasteiger partial charge < -0.3 is 18.8 Å². The van der Waals surface area contributed by atoms with Crippen LogP contribution in [0.5, 0.6) is 0 Å². The summed E-state index contributed by atoms with van der Waals surface area (Å²) >= 11 is 0. The molecule has 0 aromatic carbocycles. The molecule has 1 radical (unpaired) electrons. The smallest absolute Gasteiger partial charge is 0.434 e. The Morgan fingerprint density at radius 2 is 1.35 bits per heavy atom. The third-order valence-electron chi connectivity index (χ3n) is 1.39. The molecule has 93 valence electrons. The maximum Gasteiger partial charge on any atom is 0.493 e. The number of esters is 2. The van der Waals surface area contributed by atoms with E-state index in [1.807, 2.05) is 0 Å². The normalized spacial score (nSPS) is 13.1. The van der Waals surface area contributed by atoms with Crippen molar-refractivity contribution in [2.45, 2.75) is 26.4 Å². The molecular formula is C10H14BO6. The number of hydrogen-bond donors (Lipinski definition) is 0. The minimum atomic E-state index is -0.831. The van der Waals surface area contributed by atoms with Crippen LogP contribution in [0, 0.1) is 0 Å². The molecule has 0 aliphatic heterocycles. The molecule has 0 N–H and O–H groups in total. The number of rotatable bonds is 8. The van der Waals surface area contributed by atoms with Crippen molar-refractivity contribution in [2.75, 3.05) is 0 Å². The van der Waals surface area contributed by atoms with Crippen molar-refractivity contribution in [1.82, 2.24) is 0 Å². The fourth-order valence-corrected chi connectivity index (χ4v) is 0.667. The van der Waals surface area contributed by atoms with Crippen LogP contribution in [-0.4, -0.2) is 32.2 Å². The molecular weight excluding hydrogens is 227 g/mol. The van der Waals surface area contributed by atoms with E-state index in [-0.39, 0.29) is 0 Å². The quantitative estimate of drug-likeness (QED) is 0.269. The fourth-order valence-electron chi connectivity index (χ4n) is 0.667. The Morgan fingerprint density at radius 1 is 1.00 bits per heavy atom. The van der Waals surface area contributed by atoms with E-state index in [4.69, 9.17) is 9.31 Å². The molecule has 0 aliphatic carbocycles. The van der Waals surface area contributed by atoms with Gasteiger partial charge in [-0.25, -0.2) is 9.59 Å². The van der Waals surface area contributed by atoms with Crippen LogP contribution in [0.2, 0.25) is 0 Å². The van der Waals surface area contributed by atoms with Crippen LogP contribution in [0.25, 0.3) is 0 Å². The van der Waals surface area contributed by atoms with Gasteiger partial charge in [-0.2, -0.15) is 0 Å². The van der Waals surface area contributed by atoms with Crippen molar-refractivity contribution in [1.29, 1.82) is 0 Å². The van der Waals surface area contributed by atoms with Gasteiger partial charge in [0.15, 0.2) is 12.6 Å². The first-order valence-corrected chi connectivity index (χ1v) is 4.78. The monoisotopic (exact) mass is 241 g/mol. The topological polar surface area (TPSA) is 71.1 Å². The van der Waals surface area contributed by atoms with E-state index in [9.17, 15) is 9.59 Å². The zero-order valence-corrected chi connectivity index (χ0v) is 9.75. The summed E-state index contributed by atoms with van der Waals surface area (Å²) in [7, 11) is 0.919. The largest absolute Gasteiger partial charge is 0.493 e. The molecule has 7 heteroatoms. The summed E-state index contributed by atoms with van der Waals surface area (Å²) in [4.78, 5) is 21.5. The molecule has 0 heterocycles. The van der Waals surface area contributed by atoms with E-state index in [0.717, 1.165) is 19.8 Å². The number of hydrogen-bond acceptors (Lipinski definition) is 6. The molecule has 0 amide bonds. The van der Waals surface area contributed by atoms with E-state index < -0.39 is 24.5 Å². The minimum Gasteiger partial charge on any atom is -0.434 e. The molecule has 0 aromatic heterocycles. The first-order chi connectivity index (χ1) is 7.99. The zero-order valence-electron chi connectivity index (χ0n) is 9.75. The molecule has 0 rings (SSSR count). The lowest BCUT2D eigenvalue weighted by Crippen LogP contribution is -2.24. The van der Waals surface area contributed by atoms with Crippen molar-refractivity contribution in [3.05, 3.63) is 25.3 Å². The molecule has 0 saturated heterocycles. The Bertz CT molecular complexity index is 263. The summed E-state index contributed by atoms with van der Waals surface area (Å²) in [6.45, 7) is 9.43. The van der Waals surface area contributed by atoms with Crippen LogP contribution in [0.3, 0.4) is 0 Å². The highest BCUT2D eigenvalue weighted by atomic mass is 16.7. The SMILES string of the molecule is C=CC(=O)OC(C)O[B]OC(C)OC(=O)C=C. The molecule has 0 spiro atoms. The maximum absolute atomic E-state index is 10.7. The highest BCUT2D eigenvalue weighted by Crippen LogP contribution is 1.97. The standard InChI is InChI=1S/C10H14BO6/c1-5-9(12)14-7(3)16-11-17-8(4)15-10(13)6-2/h5-8H,1-2H2,3-4H3. The van der Waals surface area contributed by atoms with Crippen LogP contribution in [0.4, 0.5) is 0 Å². The van der Waals surface area contributed by atoms with Crippen LogP contribution >= 0.6 is 0 Å². The average molecular weight is 241 g/mol. The summed E-state index contributed by atoms with van der Waals surface area (Å²) in [6, 6.07) is 0. The van der Waals surface area contributed by atoms with Crippen LogP contribution < -0.4 is 0 Å². The van der Waals surface area contributed by atoms with E-state index in [1.54, 1.807) is 0 Å². The van der Waals surface area contributed by atoms with E-state index in [1.165, 1.54) is 13.8 Å². The van der Waals surface area contributed by atoms with Gasteiger partial charge in [-0.3, -0.25) is 0 Å². The predicted octanol–water partition coefficient (Wildman–Crippen LogP) is 0.704. The summed E-state index contributed by atoms with van der Waals surface area (Å²) in [5.74, 6) is -1.23. The van der Waals surface area contributed by atoms with E-state index in [0.29, 0.717) is 0 Å². The third kappa shape index (κ3) is 8.24. The molecule has 2 atom stereocenters. The molecule has 0 aromatic rings. The summed E-state index contributed by atoms with van der Waals surface area (Å²) < 4.78 is 19.0. The van der Waals surface area contributed by atoms with Crippen molar-refractivity contribution in [2.24, 2.45) is 0 Å².